The largest absolute Gasteiger partial charge is 0.399 e. The Morgan fingerprint density at radius 3 is 2.79 bits per heavy atom. The summed E-state index contributed by atoms with van der Waals surface area (Å²) in [5.74, 6) is 0.431. The van der Waals surface area contributed by atoms with E-state index in [1.54, 1.807) is 28.8 Å². The summed E-state index contributed by atoms with van der Waals surface area (Å²) in [7, 11) is 0. The van der Waals surface area contributed by atoms with Crippen molar-refractivity contribution in [2.24, 2.45) is 0 Å². The number of imidazole rings is 1. The van der Waals surface area contributed by atoms with Gasteiger partial charge in [0.15, 0.2) is 0 Å². The third-order valence-electron chi connectivity index (χ3n) is 3.00. The van der Waals surface area contributed by atoms with E-state index in [2.05, 4.69) is 20.9 Å². The number of halogens is 2. The molecule has 0 amide bonds. The van der Waals surface area contributed by atoms with Crippen LogP contribution in [0.2, 0.25) is 0 Å². The minimum atomic E-state index is -0.289. The van der Waals surface area contributed by atoms with Crippen molar-refractivity contribution in [1.82, 2.24) is 9.55 Å². The first-order valence-corrected chi connectivity index (χ1v) is 6.55. The highest BCUT2D eigenvalue weighted by Gasteiger charge is 2.13. The maximum absolute atomic E-state index is 14.0. The highest BCUT2D eigenvalue weighted by atomic mass is 79.9. The van der Waals surface area contributed by atoms with Gasteiger partial charge in [0.25, 0.3) is 0 Å². The molecule has 0 aliphatic heterocycles. The molecule has 96 valence electrons. The van der Waals surface area contributed by atoms with Gasteiger partial charge in [-0.05, 0) is 43.3 Å². The summed E-state index contributed by atoms with van der Waals surface area (Å²) in [6.45, 7) is 1.84. The van der Waals surface area contributed by atoms with E-state index in [1.807, 2.05) is 13.0 Å². The van der Waals surface area contributed by atoms with Gasteiger partial charge in [0.05, 0.1) is 16.7 Å². The van der Waals surface area contributed by atoms with E-state index in [0.717, 1.165) is 21.3 Å². The lowest BCUT2D eigenvalue weighted by molar-refractivity contribution is 0.617. The average Bonchev–Trinajstić information content (AvgIpc) is 2.67. The lowest BCUT2D eigenvalue weighted by Crippen LogP contribution is -2.00. The zero-order valence-corrected chi connectivity index (χ0v) is 11.8. The molecule has 0 radical (unpaired) electrons. The van der Waals surface area contributed by atoms with Crippen LogP contribution in [-0.4, -0.2) is 9.55 Å². The lowest BCUT2D eigenvalue weighted by Gasteiger charge is -2.08. The van der Waals surface area contributed by atoms with E-state index in [1.165, 1.54) is 6.07 Å². The number of fused-ring (bicyclic) bond motifs is 1. The number of benzene rings is 2. The van der Waals surface area contributed by atoms with Gasteiger partial charge in [0.1, 0.15) is 11.6 Å². The predicted molar refractivity (Wildman–Crippen MR) is 77.9 cm³/mol. The molecule has 3 aromatic rings. The van der Waals surface area contributed by atoms with Crippen LogP contribution in [0.25, 0.3) is 16.7 Å². The molecule has 1 aromatic heterocycles. The highest BCUT2D eigenvalue weighted by Crippen LogP contribution is 2.26. The third-order valence-corrected chi connectivity index (χ3v) is 3.49. The molecule has 3 rings (SSSR count). The number of aryl methyl sites for hydroxylation is 1. The van der Waals surface area contributed by atoms with Crippen LogP contribution in [-0.2, 0) is 0 Å². The van der Waals surface area contributed by atoms with E-state index >= 15 is 0 Å². The Balaban J connectivity index is 2.36. The molecular weight excluding hydrogens is 309 g/mol. The molecule has 0 atom stereocenters. The summed E-state index contributed by atoms with van der Waals surface area (Å²) in [5, 5.41) is 0. The van der Waals surface area contributed by atoms with Crippen LogP contribution >= 0.6 is 15.9 Å². The Morgan fingerprint density at radius 1 is 1.21 bits per heavy atom. The number of aromatic nitrogens is 2. The summed E-state index contributed by atoms with van der Waals surface area (Å²) >= 11 is 3.36. The molecule has 0 spiro atoms. The SMILES string of the molecule is Cc1nc2cc(N)ccc2n1-c1cc(Br)ccc1F. The fourth-order valence-corrected chi connectivity index (χ4v) is 2.53. The molecule has 0 bridgehead atoms. The molecule has 3 nitrogen and oxygen atoms in total. The molecule has 0 unspecified atom stereocenters. The van der Waals surface area contributed by atoms with Gasteiger partial charge in [0, 0.05) is 10.2 Å². The average molecular weight is 320 g/mol. The molecule has 0 saturated heterocycles. The first-order valence-electron chi connectivity index (χ1n) is 5.76. The number of hydrogen-bond acceptors (Lipinski definition) is 2. The van der Waals surface area contributed by atoms with Crippen molar-refractivity contribution in [2.45, 2.75) is 6.92 Å². The molecule has 2 N–H and O–H groups in total. The maximum atomic E-state index is 14.0. The zero-order chi connectivity index (χ0) is 13.6. The molecule has 0 fully saturated rings. The van der Waals surface area contributed by atoms with Crippen LogP contribution in [0.4, 0.5) is 10.1 Å². The maximum Gasteiger partial charge on any atom is 0.147 e. The minimum absolute atomic E-state index is 0.289. The van der Waals surface area contributed by atoms with Gasteiger partial charge in [-0.3, -0.25) is 4.57 Å². The quantitative estimate of drug-likeness (QED) is 0.693. The van der Waals surface area contributed by atoms with E-state index in [4.69, 9.17) is 5.73 Å². The van der Waals surface area contributed by atoms with Crippen LogP contribution in [0.1, 0.15) is 5.82 Å². The molecule has 5 heteroatoms. The minimum Gasteiger partial charge on any atom is -0.399 e. The fraction of sp³-hybridized carbons (Fsp3) is 0.0714. The second-order valence-electron chi connectivity index (χ2n) is 4.34. The number of nitrogens with two attached hydrogens (primary N) is 1. The zero-order valence-electron chi connectivity index (χ0n) is 10.2. The van der Waals surface area contributed by atoms with Gasteiger partial charge in [-0.1, -0.05) is 15.9 Å². The number of rotatable bonds is 1. The number of nitrogens with zero attached hydrogens (tertiary/aromatic N) is 2. The Morgan fingerprint density at radius 2 is 2.00 bits per heavy atom. The predicted octanol–water partition coefficient (Wildman–Crippen LogP) is 3.82. The van der Waals surface area contributed by atoms with Crippen LogP contribution in [0.5, 0.6) is 0 Å². The first kappa shape index (κ1) is 12.2. The van der Waals surface area contributed by atoms with Gasteiger partial charge in [-0.25, -0.2) is 9.37 Å². The number of anilines is 1. The van der Waals surface area contributed by atoms with E-state index in [0.29, 0.717) is 11.4 Å². The first-order chi connectivity index (χ1) is 9.06. The van der Waals surface area contributed by atoms with E-state index in [9.17, 15) is 4.39 Å². The van der Waals surface area contributed by atoms with Gasteiger partial charge in [0.2, 0.25) is 0 Å². The lowest BCUT2D eigenvalue weighted by atomic mass is 10.2. The Hall–Kier alpha value is -1.88. The van der Waals surface area contributed by atoms with Crippen LogP contribution < -0.4 is 5.73 Å². The van der Waals surface area contributed by atoms with Gasteiger partial charge < -0.3 is 5.73 Å². The van der Waals surface area contributed by atoms with E-state index < -0.39 is 0 Å². The van der Waals surface area contributed by atoms with Crippen molar-refractivity contribution < 1.29 is 4.39 Å². The van der Waals surface area contributed by atoms with Crippen molar-refractivity contribution in [3.05, 3.63) is 52.5 Å². The smallest absolute Gasteiger partial charge is 0.147 e. The van der Waals surface area contributed by atoms with Crippen LogP contribution in [0.15, 0.2) is 40.9 Å². The highest BCUT2D eigenvalue weighted by molar-refractivity contribution is 9.10. The summed E-state index contributed by atoms with van der Waals surface area (Å²) in [5.41, 5.74) is 8.46. The molecular formula is C14H11BrFN3. The molecule has 0 saturated carbocycles. The van der Waals surface area contributed by atoms with Crippen molar-refractivity contribution in [2.75, 3.05) is 5.73 Å². The summed E-state index contributed by atoms with van der Waals surface area (Å²) < 4.78 is 16.6. The molecule has 2 aromatic carbocycles. The van der Waals surface area contributed by atoms with E-state index in [-0.39, 0.29) is 5.82 Å². The van der Waals surface area contributed by atoms with Crippen LogP contribution in [0, 0.1) is 12.7 Å². The van der Waals surface area contributed by atoms with Crippen molar-refractivity contribution in [1.29, 1.82) is 0 Å². The van der Waals surface area contributed by atoms with Crippen molar-refractivity contribution in [3.8, 4) is 5.69 Å². The number of nitrogen functional groups attached to an aromatic ring is 1. The molecule has 19 heavy (non-hydrogen) atoms. The Labute approximate surface area is 118 Å². The Kier molecular flexibility index (Phi) is 2.78. The van der Waals surface area contributed by atoms with Crippen LogP contribution in [0.3, 0.4) is 0 Å². The normalized spacial score (nSPS) is 11.1. The van der Waals surface area contributed by atoms with Crippen molar-refractivity contribution in [3.63, 3.8) is 0 Å². The van der Waals surface area contributed by atoms with Gasteiger partial charge in [-0.2, -0.15) is 0 Å². The molecule has 1 heterocycles. The monoisotopic (exact) mass is 319 g/mol. The second-order valence-corrected chi connectivity index (χ2v) is 5.25. The van der Waals surface area contributed by atoms with Gasteiger partial charge in [-0.15, -0.1) is 0 Å². The summed E-state index contributed by atoms with van der Waals surface area (Å²) in [6.07, 6.45) is 0. The van der Waals surface area contributed by atoms with Gasteiger partial charge >= 0.3 is 0 Å². The standard InChI is InChI=1S/C14H11BrFN3/c1-8-18-12-7-10(17)3-5-13(12)19(8)14-6-9(15)2-4-11(14)16/h2-7H,17H2,1H3. The topological polar surface area (TPSA) is 43.8 Å². The van der Waals surface area contributed by atoms with Crippen molar-refractivity contribution >= 4 is 32.7 Å². The number of hydrogen-bond donors (Lipinski definition) is 1. The third kappa shape index (κ3) is 2.00. The summed E-state index contributed by atoms with van der Waals surface area (Å²) in [6, 6.07) is 10.3. The second kappa shape index (κ2) is 4.35. The summed E-state index contributed by atoms with van der Waals surface area (Å²) in [4.78, 5) is 4.42. The molecule has 0 aliphatic carbocycles. The molecule has 0 aliphatic rings. The fourth-order valence-electron chi connectivity index (χ4n) is 2.18. The Bertz CT molecular complexity index is 780.